The van der Waals surface area contributed by atoms with Crippen LogP contribution < -0.4 is 36.1 Å². The first-order valence-electron chi connectivity index (χ1n) is 12.6. The Morgan fingerprint density at radius 1 is 1.00 bits per heavy atom. The number of aromatic nitrogens is 3. The highest BCUT2D eigenvalue weighted by atomic mass is 35.5. The molecule has 0 unspecified atom stereocenters. The third-order valence-electron chi connectivity index (χ3n) is 7.62. The molecule has 2 aromatic heterocycles. The number of anilines is 1. The number of rotatable bonds is 4. The zero-order chi connectivity index (χ0) is 24.9. The number of aromatic hydroxyl groups is 1. The van der Waals surface area contributed by atoms with Crippen molar-refractivity contribution in [1.82, 2.24) is 14.9 Å². The molecule has 38 heavy (non-hydrogen) atoms. The lowest BCUT2D eigenvalue weighted by molar-refractivity contribution is -0.686. The van der Waals surface area contributed by atoms with Gasteiger partial charge in [0.2, 0.25) is 18.4 Å². The van der Waals surface area contributed by atoms with E-state index >= 15 is 0 Å². The summed E-state index contributed by atoms with van der Waals surface area (Å²) in [6.45, 7) is 5.37. The molecule has 1 N–H and O–H groups in total. The zero-order valence-electron chi connectivity index (χ0n) is 21.1. The lowest BCUT2D eigenvalue weighted by atomic mass is 9.94. The molecule has 5 heterocycles. The van der Waals surface area contributed by atoms with E-state index in [9.17, 15) is 5.11 Å². The molecule has 7 rings (SSSR count). The summed E-state index contributed by atoms with van der Waals surface area (Å²) in [5, 5.41) is 12.9. The van der Waals surface area contributed by atoms with Gasteiger partial charge in [-0.1, -0.05) is 0 Å². The zero-order valence-corrected chi connectivity index (χ0v) is 21.8. The molecule has 196 valence electrons. The van der Waals surface area contributed by atoms with E-state index in [4.69, 9.17) is 14.2 Å². The Bertz CT molecular complexity index is 1510. The van der Waals surface area contributed by atoms with Crippen LogP contribution in [-0.4, -0.2) is 60.1 Å². The fourth-order valence-corrected chi connectivity index (χ4v) is 5.66. The van der Waals surface area contributed by atoms with E-state index in [1.165, 1.54) is 5.56 Å². The third-order valence-corrected chi connectivity index (χ3v) is 7.62. The highest BCUT2D eigenvalue weighted by molar-refractivity contribution is 5.94. The Morgan fingerprint density at radius 2 is 1.76 bits per heavy atom. The molecule has 9 nitrogen and oxygen atoms in total. The third kappa shape index (κ3) is 4.12. The number of aryl methyl sites for hydroxylation is 2. The van der Waals surface area contributed by atoms with Crippen LogP contribution in [-0.2, 0) is 19.5 Å². The first-order chi connectivity index (χ1) is 18.2. The molecule has 0 bridgehead atoms. The van der Waals surface area contributed by atoms with Gasteiger partial charge in [-0.05, 0) is 35.4 Å². The van der Waals surface area contributed by atoms with E-state index in [0.717, 1.165) is 90.7 Å². The summed E-state index contributed by atoms with van der Waals surface area (Å²) in [6, 6.07) is 10.2. The molecular weight excluding hydrogens is 506 g/mol. The van der Waals surface area contributed by atoms with Crippen LogP contribution in [0.4, 0.5) is 5.95 Å². The second-order valence-corrected chi connectivity index (χ2v) is 9.69. The van der Waals surface area contributed by atoms with Crippen LogP contribution in [0.5, 0.6) is 23.0 Å². The van der Waals surface area contributed by atoms with Gasteiger partial charge in [0.05, 0.1) is 18.1 Å². The normalized spacial score (nSPS) is 16.1. The Labute approximate surface area is 226 Å². The number of methoxy groups -OCH3 is 1. The minimum atomic E-state index is 0. The Hall–Kier alpha value is -3.82. The quantitative estimate of drug-likeness (QED) is 0.365. The van der Waals surface area contributed by atoms with Crippen LogP contribution in [0.25, 0.3) is 22.0 Å². The van der Waals surface area contributed by atoms with Gasteiger partial charge in [0.15, 0.2) is 35.7 Å². The van der Waals surface area contributed by atoms with Gasteiger partial charge in [0.1, 0.15) is 0 Å². The second kappa shape index (κ2) is 9.81. The Balaban J connectivity index is 0.00000264. The molecule has 10 heteroatoms. The predicted octanol–water partition coefficient (Wildman–Crippen LogP) is -0.0905. The van der Waals surface area contributed by atoms with Crippen molar-refractivity contribution < 1.29 is 36.3 Å². The van der Waals surface area contributed by atoms with Gasteiger partial charge in [-0.25, -0.2) is 9.97 Å². The molecule has 0 saturated carbocycles. The number of pyridine rings is 1. The lowest BCUT2D eigenvalue weighted by Gasteiger charge is -2.34. The number of fused-ring (bicyclic) bond motifs is 5. The number of ether oxygens (including phenoxy) is 3. The average Bonchev–Trinajstić information content (AvgIpc) is 3.41. The van der Waals surface area contributed by atoms with Crippen molar-refractivity contribution in [2.75, 3.05) is 45.0 Å². The molecule has 0 radical (unpaired) electrons. The molecular formula is C28H28ClN5O4. The van der Waals surface area contributed by atoms with Gasteiger partial charge >= 0.3 is 0 Å². The summed E-state index contributed by atoms with van der Waals surface area (Å²) in [5.74, 6) is 3.06. The van der Waals surface area contributed by atoms with E-state index in [-0.39, 0.29) is 24.9 Å². The van der Waals surface area contributed by atoms with E-state index in [1.807, 2.05) is 12.1 Å². The summed E-state index contributed by atoms with van der Waals surface area (Å²) in [6.07, 6.45) is 6.52. The van der Waals surface area contributed by atoms with Crippen molar-refractivity contribution in [3.05, 3.63) is 60.0 Å². The van der Waals surface area contributed by atoms with Crippen molar-refractivity contribution in [2.24, 2.45) is 0 Å². The van der Waals surface area contributed by atoms with E-state index in [2.05, 4.69) is 48.7 Å². The summed E-state index contributed by atoms with van der Waals surface area (Å²) in [4.78, 5) is 13.5. The largest absolute Gasteiger partial charge is 1.00 e. The average molecular weight is 534 g/mol. The Kier molecular flexibility index (Phi) is 6.33. The van der Waals surface area contributed by atoms with Crippen molar-refractivity contribution in [2.45, 2.75) is 19.5 Å². The number of hydrogen-bond acceptors (Lipinski definition) is 8. The SMILES string of the molecule is COc1cc(CN2CCN(c3ncccn3)CC2)c2cc3[n+](cc2c1O)CCc1cc2c(cc1-3)OCO2.[Cl-]. The maximum absolute atomic E-state index is 11.1. The fourth-order valence-electron chi connectivity index (χ4n) is 5.66. The number of phenols is 1. The number of hydrogen-bond donors (Lipinski definition) is 1. The van der Waals surface area contributed by atoms with Crippen molar-refractivity contribution in [3.8, 4) is 34.3 Å². The van der Waals surface area contributed by atoms with Crippen LogP contribution in [0.2, 0.25) is 0 Å². The van der Waals surface area contributed by atoms with Crippen LogP contribution >= 0.6 is 0 Å². The van der Waals surface area contributed by atoms with Crippen LogP contribution in [0.3, 0.4) is 0 Å². The minimum absolute atomic E-state index is 0. The predicted molar refractivity (Wildman–Crippen MR) is 137 cm³/mol. The van der Waals surface area contributed by atoms with Gasteiger partial charge in [0.25, 0.3) is 0 Å². The number of halogens is 1. The maximum Gasteiger partial charge on any atom is 0.231 e. The summed E-state index contributed by atoms with van der Waals surface area (Å²) in [5.41, 5.74) is 4.64. The van der Waals surface area contributed by atoms with E-state index < -0.39 is 0 Å². The van der Waals surface area contributed by atoms with Crippen LogP contribution in [0.1, 0.15) is 11.1 Å². The molecule has 0 atom stereocenters. The van der Waals surface area contributed by atoms with Gasteiger partial charge in [0, 0.05) is 63.0 Å². The molecule has 0 amide bonds. The maximum atomic E-state index is 11.1. The Morgan fingerprint density at radius 3 is 2.53 bits per heavy atom. The van der Waals surface area contributed by atoms with Crippen molar-refractivity contribution in [3.63, 3.8) is 0 Å². The van der Waals surface area contributed by atoms with E-state index in [0.29, 0.717) is 5.75 Å². The monoisotopic (exact) mass is 533 g/mol. The van der Waals surface area contributed by atoms with Crippen molar-refractivity contribution in [1.29, 1.82) is 0 Å². The molecule has 3 aliphatic heterocycles. The molecule has 1 fully saturated rings. The molecule has 0 aliphatic carbocycles. The smallest absolute Gasteiger partial charge is 0.231 e. The lowest BCUT2D eigenvalue weighted by Crippen LogP contribution is -3.00. The topological polar surface area (TPSA) is 84.1 Å². The van der Waals surface area contributed by atoms with Crippen LogP contribution in [0, 0.1) is 0 Å². The highest BCUT2D eigenvalue weighted by Gasteiger charge is 2.30. The summed E-state index contributed by atoms with van der Waals surface area (Å²) < 4.78 is 19.1. The first-order valence-corrected chi connectivity index (χ1v) is 12.6. The number of benzene rings is 2. The highest BCUT2D eigenvalue weighted by Crippen LogP contribution is 2.42. The van der Waals surface area contributed by atoms with Crippen LogP contribution in [0.15, 0.2) is 48.9 Å². The number of piperazine rings is 1. The standard InChI is InChI=1S/C28H27N5O4.ClH/c1-35-26-12-19(15-31-7-9-32(10-8-31)28-29-4-2-5-30-28)20-13-23-21-14-25-24(36-17-37-25)11-18(21)3-6-33(23)16-22(20)27(26)34;/h2,4-5,11-14,16H,3,6-10,15,17H2,1H3;1H. The van der Waals surface area contributed by atoms with E-state index in [1.54, 1.807) is 19.5 Å². The first kappa shape index (κ1) is 24.5. The minimum Gasteiger partial charge on any atom is -1.00 e. The molecule has 2 aromatic carbocycles. The molecule has 1 saturated heterocycles. The summed E-state index contributed by atoms with van der Waals surface area (Å²) in [7, 11) is 1.60. The van der Waals surface area contributed by atoms with Gasteiger partial charge in [-0.3, -0.25) is 4.90 Å². The molecule has 4 aromatic rings. The van der Waals surface area contributed by atoms with Gasteiger partial charge in [-0.15, -0.1) is 0 Å². The van der Waals surface area contributed by atoms with Gasteiger partial charge in [-0.2, -0.15) is 4.57 Å². The fraction of sp³-hybridized carbons (Fsp3) is 0.321. The second-order valence-electron chi connectivity index (χ2n) is 9.69. The van der Waals surface area contributed by atoms with Gasteiger partial charge < -0.3 is 36.6 Å². The summed E-state index contributed by atoms with van der Waals surface area (Å²) >= 11 is 0. The molecule has 0 spiro atoms. The van der Waals surface area contributed by atoms with Crippen molar-refractivity contribution >= 4 is 16.7 Å². The molecule has 3 aliphatic rings. The number of phenolic OH excluding ortho intramolecular Hbond substituents is 1. The number of nitrogens with zero attached hydrogens (tertiary/aromatic N) is 5.